The maximum absolute atomic E-state index is 11.0. The van der Waals surface area contributed by atoms with Crippen molar-refractivity contribution in [1.82, 2.24) is 10.6 Å². The van der Waals surface area contributed by atoms with E-state index in [4.69, 9.17) is 0 Å². The maximum atomic E-state index is 11.0. The molecule has 2 rings (SSSR count). The van der Waals surface area contributed by atoms with Gasteiger partial charge in [-0.15, -0.1) is 0 Å². The molecule has 3 nitrogen and oxygen atoms in total. The van der Waals surface area contributed by atoms with Gasteiger partial charge in [0.1, 0.15) is 0 Å². The molecule has 0 unspecified atom stereocenters. The number of benzene rings is 1. The highest BCUT2D eigenvalue weighted by atomic mass is 79.9. The Morgan fingerprint density at radius 1 is 1.27 bits per heavy atom. The van der Waals surface area contributed by atoms with Gasteiger partial charge in [-0.25, -0.2) is 4.79 Å². The number of amides is 2. The molecule has 0 saturated carbocycles. The Morgan fingerprint density at radius 2 is 1.87 bits per heavy atom. The summed E-state index contributed by atoms with van der Waals surface area (Å²) in [5, 5.41) is 5.65. The molecule has 0 spiro atoms. The fraction of sp³-hybridized carbons (Fsp3) is 0.364. The summed E-state index contributed by atoms with van der Waals surface area (Å²) < 4.78 is 1.09. The Morgan fingerprint density at radius 3 is 2.47 bits per heavy atom. The van der Waals surface area contributed by atoms with Gasteiger partial charge in [-0.05, 0) is 11.6 Å². The van der Waals surface area contributed by atoms with Crippen LogP contribution in [0.25, 0.3) is 0 Å². The number of nitrogens with one attached hydrogen (secondary N) is 2. The minimum atomic E-state index is -0.0838. The average Bonchev–Trinajstić information content (AvgIpc) is 2.23. The molecule has 1 aromatic rings. The van der Waals surface area contributed by atoms with Crippen LogP contribution in [0.4, 0.5) is 4.79 Å². The predicted molar refractivity (Wildman–Crippen MR) is 62.9 cm³/mol. The van der Waals surface area contributed by atoms with E-state index in [1.165, 1.54) is 5.56 Å². The van der Waals surface area contributed by atoms with Crippen LogP contribution in [-0.2, 0) is 5.41 Å². The van der Waals surface area contributed by atoms with E-state index in [0.29, 0.717) is 13.1 Å². The Kier molecular flexibility index (Phi) is 2.69. The zero-order valence-corrected chi connectivity index (χ0v) is 10.1. The molecular formula is C11H13BrN2O. The van der Waals surface area contributed by atoms with Crippen molar-refractivity contribution in [3.8, 4) is 0 Å². The number of carbonyl (C=O) groups is 1. The molecule has 4 heteroatoms. The summed E-state index contributed by atoms with van der Waals surface area (Å²) >= 11 is 3.54. The van der Waals surface area contributed by atoms with E-state index in [1.807, 2.05) is 18.2 Å². The summed E-state index contributed by atoms with van der Waals surface area (Å²) in [5.41, 5.74) is 1.17. The fourth-order valence-corrected chi connectivity index (χ4v) is 2.58. The molecule has 0 aliphatic carbocycles. The van der Waals surface area contributed by atoms with Crippen LogP contribution < -0.4 is 10.6 Å². The molecule has 1 fully saturated rings. The lowest BCUT2D eigenvalue weighted by Crippen LogP contribution is -2.55. The molecule has 1 heterocycles. The molecule has 0 aromatic heterocycles. The number of halogens is 1. The van der Waals surface area contributed by atoms with Gasteiger partial charge in [0.15, 0.2) is 0 Å². The first-order chi connectivity index (χ1) is 7.12. The van der Waals surface area contributed by atoms with E-state index < -0.39 is 0 Å². The van der Waals surface area contributed by atoms with Gasteiger partial charge in [0, 0.05) is 23.0 Å². The van der Waals surface area contributed by atoms with Gasteiger partial charge in [-0.1, -0.05) is 41.1 Å². The lowest BCUT2D eigenvalue weighted by molar-refractivity contribution is 0.225. The number of hydrogen-bond acceptors (Lipinski definition) is 1. The molecule has 0 atom stereocenters. The summed E-state index contributed by atoms with van der Waals surface area (Å²) in [6.07, 6.45) is 0. The van der Waals surface area contributed by atoms with Gasteiger partial charge in [0.25, 0.3) is 0 Å². The second-order valence-electron chi connectivity index (χ2n) is 4.08. The van der Waals surface area contributed by atoms with E-state index in [1.54, 1.807) is 0 Å². The molecule has 2 amide bonds. The summed E-state index contributed by atoms with van der Waals surface area (Å²) in [6, 6.07) is 8.04. The van der Waals surface area contributed by atoms with Crippen molar-refractivity contribution < 1.29 is 4.79 Å². The van der Waals surface area contributed by atoms with Crippen LogP contribution in [0, 0.1) is 0 Å². The number of urea groups is 1. The van der Waals surface area contributed by atoms with Crippen molar-refractivity contribution in [2.75, 3.05) is 13.1 Å². The van der Waals surface area contributed by atoms with Crippen LogP contribution in [-0.4, -0.2) is 19.1 Å². The third-order valence-electron chi connectivity index (χ3n) is 2.80. The summed E-state index contributed by atoms with van der Waals surface area (Å²) in [5.74, 6) is 0. The van der Waals surface area contributed by atoms with E-state index in [9.17, 15) is 4.79 Å². The number of carbonyl (C=O) groups excluding carboxylic acids is 1. The molecule has 15 heavy (non-hydrogen) atoms. The van der Waals surface area contributed by atoms with Crippen molar-refractivity contribution >= 4 is 22.0 Å². The van der Waals surface area contributed by atoms with Gasteiger partial charge in [-0.2, -0.15) is 0 Å². The molecule has 1 aliphatic rings. The highest BCUT2D eigenvalue weighted by molar-refractivity contribution is 9.10. The second kappa shape index (κ2) is 3.85. The van der Waals surface area contributed by atoms with Crippen LogP contribution >= 0.6 is 15.9 Å². The highest BCUT2D eigenvalue weighted by Crippen LogP contribution is 2.30. The standard InChI is InChI=1S/C11H13BrN2O/c1-11(6-13-10(15)14-7-11)8-4-2-3-5-9(8)12/h2-5H,6-7H2,1H3,(H2,13,14,15). The fourth-order valence-electron chi connectivity index (χ4n) is 1.82. The predicted octanol–water partition coefficient (Wildman–Crippen LogP) is 2.02. The lowest BCUT2D eigenvalue weighted by atomic mass is 9.81. The number of rotatable bonds is 1. The molecule has 1 aromatic carbocycles. The SMILES string of the molecule is CC1(c2ccccc2Br)CNC(=O)NC1. The van der Waals surface area contributed by atoms with Gasteiger partial charge < -0.3 is 10.6 Å². The van der Waals surface area contributed by atoms with Gasteiger partial charge >= 0.3 is 6.03 Å². The normalized spacial score (nSPS) is 19.2. The van der Waals surface area contributed by atoms with Gasteiger partial charge in [0.05, 0.1) is 0 Å². The zero-order chi connectivity index (χ0) is 10.9. The third-order valence-corrected chi connectivity index (χ3v) is 3.49. The van der Waals surface area contributed by atoms with Crippen molar-refractivity contribution in [2.24, 2.45) is 0 Å². The van der Waals surface area contributed by atoms with Crippen molar-refractivity contribution in [3.05, 3.63) is 34.3 Å². The quantitative estimate of drug-likeness (QED) is 0.804. The lowest BCUT2D eigenvalue weighted by Gasteiger charge is -2.35. The Hall–Kier alpha value is -1.03. The van der Waals surface area contributed by atoms with Gasteiger partial charge in [-0.3, -0.25) is 0 Å². The van der Waals surface area contributed by atoms with E-state index in [0.717, 1.165) is 4.47 Å². The summed E-state index contributed by atoms with van der Waals surface area (Å²) in [4.78, 5) is 11.0. The topological polar surface area (TPSA) is 41.1 Å². The van der Waals surface area contributed by atoms with Crippen LogP contribution in [0.3, 0.4) is 0 Å². The third kappa shape index (κ3) is 2.00. The summed E-state index contributed by atoms with van der Waals surface area (Å²) in [6.45, 7) is 3.47. The molecule has 2 N–H and O–H groups in total. The molecule has 1 aliphatic heterocycles. The molecule has 0 radical (unpaired) electrons. The number of hydrogen-bond donors (Lipinski definition) is 2. The Labute approximate surface area is 97.4 Å². The van der Waals surface area contributed by atoms with E-state index >= 15 is 0 Å². The monoisotopic (exact) mass is 268 g/mol. The largest absolute Gasteiger partial charge is 0.337 e. The maximum Gasteiger partial charge on any atom is 0.314 e. The van der Waals surface area contributed by atoms with Crippen LogP contribution in [0.5, 0.6) is 0 Å². The Balaban J connectivity index is 2.30. The van der Waals surface area contributed by atoms with Gasteiger partial charge in [0.2, 0.25) is 0 Å². The van der Waals surface area contributed by atoms with Crippen molar-refractivity contribution in [1.29, 1.82) is 0 Å². The minimum Gasteiger partial charge on any atom is -0.337 e. The van der Waals surface area contributed by atoms with Crippen LogP contribution in [0.2, 0.25) is 0 Å². The van der Waals surface area contributed by atoms with Crippen LogP contribution in [0.15, 0.2) is 28.7 Å². The Bertz CT molecular complexity index is 382. The minimum absolute atomic E-state index is 0.0476. The average molecular weight is 269 g/mol. The first-order valence-electron chi connectivity index (χ1n) is 4.88. The summed E-state index contributed by atoms with van der Waals surface area (Å²) in [7, 11) is 0. The molecule has 1 saturated heterocycles. The second-order valence-corrected chi connectivity index (χ2v) is 4.93. The molecule has 80 valence electrons. The highest BCUT2D eigenvalue weighted by Gasteiger charge is 2.32. The van der Waals surface area contributed by atoms with Crippen LogP contribution in [0.1, 0.15) is 12.5 Å². The van der Waals surface area contributed by atoms with E-state index in [-0.39, 0.29) is 11.4 Å². The first kappa shape index (κ1) is 10.5. The van der Waals surface area contributed by atoms with Crippen molar-refractivity contribution in [3.63, 3.8) is 0 Å². The van der Waals surface area contributed by atoms with E-state index in [2.05, 4.69) is 39.6 Å². The molecule has 0 bridgehead atoms. The molecular weight excluding hydrogens is 256 g/mol. The smallest absolute Gasteiger partial charge is 0.314 e. The van der Waals surface area contributed by atoms with Crippen molar-refractivity contribution in [2.45, 2.75) is 12.3 Å². The first-order valence-corrected chi connectivity index (χ1v) is 5.68. The zero-order valence-electron chi connectivity index (χ0n) is 8.51.